The van der Waals surface area contributed by atoms with Gasteiger partial charge in [0.2, 0.25) is 5.91 Å². The zero-order chi connectivity index (χ0) is 13.7. The lowest BCUT2D eigenvalue weighted by atomic mass is 9.89. The fraction of sp³-hybridized carbons (Fsp3) is 0.929. The standard InChI is InChI=1S/C14H26N2O3/c1-16(7-2-12-3-8-18-9-4-12)13(17)14(15)5-10-19-11-6-14/h12H,2-11,15H2,1H3. The Bertz CT molecular complexity index is 297. The molecule has 2 fully saturated rings. The van der Waals surface area contributed by atoms with Gasteiger partial charge in [0.15, 0.2) is 0 Å². The lowest BCUT2D eigenvalue weighted by molar-refractivity contribution is -0.139. The van der Waals surface area contributed by atoms with Gasteiger partial charge in [-0.1, -0.05) is 0 Å². The van der Waals surface area contributed by atoms with Crippen LogP contribution in [0.15, 0.2) is 0 Å². The Morgan fingerprint density at radius 2 is 1.79 bits per heavy atom. The summed E-state index contributed by atoms with van der Waals surface area (Å²) in [4.78, 5) is 14.2. The van der Waals surface area contributed by atoms with Crippen molar-refractivity contribution in [3.05, 3.63) is 0 Å². The van der Waals surface area contributed by atoms with Crippen LogP contribution in [0.3, 0.4) is 0 Å². The van der Waals surface area contributed by atoms with E-state index in [0.29, 0.717) is 32.0 Å². The number of nitrogens with two attached hydrogens (primary N) is 1. The largest absolute Gasteiger partial charge is 0.381 e. The highest BCUT2D eigenvalue weighted by atomic mass is 16.5. The molecule has 0 aromatic carbocycles. The molecular formula is C14H26N2O3. The molecule has 2 N–H and O–H groups in total. The van der Waals surface area contributed by atoms with Crippen LogP contribution in [0.4, 0.5) is 0 Å². The molecule has 0 aromatic rings. The van der Waals surface area contributed by atoms with E-state index >= 15 is 0 Å². The normalized spacial score (nSPS) is 24.1. The number of amides is 1. The molecule has 5 heteroatoms. The number of likely N-dealkylation sites (N-methyl/N-ethyl adjacent to an activating group) is 1. The van der Waals surface area contributed by atoms with Crippen LogP contribution < -0.4 is 5.73 Å². The number of hydrogen-bond acceptors (Lipinski definition) is 4. The number of carbonyl (C=O) groups is 1. The Kier molecular flexibility index (Phi) is 5.19. The maximum atomic E-state index is 12.4. The van der Waals surface area contributed by atoms with E-state index in [9.17, 15) is 4.79 Å². The van der Waals surface area contributed by atoms with Crippen molar-refractivity contribution in [2.24, 2.45) is 11.7 Å². The maximum Gasteiger partial charge on any atom is 0.242 e. The number of hydrogen-bond donors (Lipinski definition) is 1. The first-order valence-electron chi connectivity index (χ1n) is 7.32. The minimum Gasteiger partial charge on any atom is -0.381 e. The summed E-state index contributed by atoms with van der Waals surface area (Å²) in [7, 11) is 1.87. The van der Waals surface area contributed by atoms with Crippen LogP contribution >= 0.6 is 0 Å². The summed E-state index contributed by atoms with van der Waals surface area (Å²) >= 11 is 0. The second-order valence-corrected chi connectivity index (χ2v) is 5.84. The van der Waals surface area contributed by atoms with E-state index in [4.69, 9.17) is 15.2 Å². The molecule has 0 unspecified atom stereocenters. The third-order valence-electron chi connectivity index (χ3n) is 4.37. The van der Waals surface area contributed by atoms with E-state index in [1.54, 1.807) is 4.90 Å². The van der Waals surface area contributed by atoms with E-state index in [1.165, 1.54) is 0 Å². The van der Waals surface area contributed by atoms with Gasteiger partial charge in [-0.2, -0.15) is 0 Å². The van der Waals surface area contributed by atoms with Gasteiger partial charge in [-0.3, -0.25) is 4.79 Å². The van der Waals surface area contributed by atoms with Crippen LogP contribution in [0.1, 0.15) is 32.1 Å². The molecule has 1 amide bonds. The van der Waals surface area contributed by atoms with Crippen LogP contribution in [0.5, 0.6) is 0 Å². The van der Waals surface area contributed by atoms with Crippen LogP contribution in [0.25, 0.3) is 0 Å². The van der Waals surface area contributed by atoms with E-state index in [0.717, 1.165) is 39.0 Å². The molecule has 2 heterocycles. The van der Waals surface area contributed by atoms with Crippen LogP contribution in [0.2, 0.25) is 0 Å². The highest BCUT2D eigenvalue weighted by Gasteiger charge is 2.37. The first kappa shape index (κ1) is 14.8. The predicted molar refractivity (Wildman–Crippen MR) is 72.8 cm³/mol. The van der Waals surface area contributed by atoms with Gasteiger partial charge >= 0.3 is 0 Å². The summed E-state index contributed by atoms with van der Waals surface area (Å²) < 4.78 is 10.6. The Hall–Kier alpha value is -0.650. The van der Waals surface area contributed by atoms with Crippen molar-refractivity contribution in [3.8, 4) is 0 Å². The predicted octanol–water partition coefficient (Wildman–Crippen LogP) is 0.769. The fourth-order valence-corrected chi connectivity index (χ4v) is 2.84. The molecule has 0 saturated carbocycles. The molecule has 2 saturated heterocycles. The van der Waals surface area contributed by atoms with Crippen LogP contribution in [0, 0.1) is 5.92 Å². The molecule has 2 aliphatic rings. The average molecular weight is 270 g/mol. The van der Waals surface area contributed by atoms with E-state index < -0.39 is 5.54 Å². The van der Waals surface area contributed by atoms with Crippen LogP contribution in [-0.2, 0) is 14.3 Å². The Labute approximate surface area is 115 Å². The van der Waals surface area contributed by atoms with Crippen molar-refractivity contribution < 1.29 is 14.3 Å². The molecule has 0 aliphatic carbocycles. The Balaban J connectivity index is 1.78. The molecule has 0 spiro atoms. The van der Waals surface area contributed by atoms with Crippen molar-refractivity contribution in [1.82, 2.24) is 4.90 Å². The fourth-order valence-electron chi connectivity index (χ4n) is 2.84. The summed E-state index contributed by atoms with van der Waals surface area (Å²) in [6.45, 7) is 3.70. The topological polar surface area (TPSA) is 64.8 Å². The summed E-state index contributed by atoms with van der Waals surface area (Å²) in [5.74, 6) is 0.760. The van der Waals surface area contributed by atoms with Gasteiger partial charge < -0.3 is 20.1 Å². The highest BCUT2D eigenvalue weighted by molar-refractivity contribution is 5.86. The number of ether oxygens (including phenoxy) is 2. The van der Waals surface area contributed by atoms with Crippen LogP contribution in [-0.4, -0.2) is 56.4 Å². The highest BCUT2D eigenvalue weighted by Crippen LogP contribution is 2.22. The van der Waals surface area contributed by atoms with Gasteiger partial charge in [-0.15, -0.1) is 0 Å². The maximum absolute atomic E-state index is 12.4. The summed E-state index contributed by atoms with van der Waals surface area (Å²) in [5, 5.41) is 0. The second-order valence-electron chi connectivity index (χ2n) is 5.84. The van der Waals surface area contributed by atoms with Crippen molar-refractivity contribution in [2.45, 2.75) is 37.6 Å². The van der Waals surface area contributed by atoms with Gasteiger partial charge in [-0.05, 0) is 38.0 Å². The monoisotopic (exact) mass is 270 g/mol. The van der Waals surface area contributed by atoms with Gasteiger partial charge in [0.1, 0.15) is 0 Å². The van der Waals surface area contributed by atoms with Gasteiger partial charge in [-0.25, -0.2) is 0 Å². The molecule has 2 aliphatic heterocycles. The van der Waals surface area contributed by atoms with Crippen molar-refractivity contribution >= 4 is 5.91 Å². The van der Waals surface area contributed by atoms with Gasteiger partial charge in [0.05, 0.1) is 5.54 Å². The second kappa shape index (κ2) is 6.68. The molecular weight excluding hydrogens is 244 g/mol. The Morgan fingerprint density at radius 1 is 1.21 bits per heavy atom. The minimum absolute atomic E-state index is 0.0721. The van der Waals surface area contributed by atoms with E-state index in [-0.39, 0.29) is 5.91 Å². The lowest BCUT2D eigenvalue weighted by Gasteiger charge is -2.35. The number of rotatable bonds is 4. The summed E-state index contributed by atoms with van der Waals surface area (Å²) in [6.07, 6.45) is 4.55. The third-order valence-corrected chi connectivity index (χ3v) is 4.37. The molecule has 0 bridgehead atoms. The molecule has 110 valence electrons. The number of carbonyl (C=O) groups excluding carboxylic acids is 1. The molecule has 0 atom stereocenters. The number of nitrogens with zero attached hydrogens (tertiary/aromatic N) is 1. The van der Waals surface area contributed by atoms with Gasteiger partial charge in [0.25, 0.3) is 0 Å². The SMILES string of the molecule is CN(CCC1CCOCC1)C(=O)C1(N)CCOCC1. The average Bonchev–Trinajstić information content (AvgIpc) is 2.46. The molecule has 5 nitrogen and oxygen atoms in total. The molecule has 0 radical (unpaired) electrons. The van der Waals surface area contributed by atoms with Crippen molar-refractivity contribution in [2.75, 3.05) is 40.0 Å². The zero-order valence-corrected chi connectivity index (χ0v) is 11.9. The first-order chi connectivity index (χ1) is 9.12. The Morgan fingerprint density at radius 3 is 2.42 bits per heavy atom. The van der Waals surface area contributed by atoms with Gasteiger partial charge in [0, 0.05) is 40.0 Å². The first-order valence-corrected chi connectivity index (χ1v) is 7.32. The summed E-state index contributed by atoms with van der Waals surface area (Å²) in [5.41, 5.74) is 5.52. The summed E-state index contributed by atoms with van der Waals surface area (Å²) in [6, 6.07) is 0. The molecule has 2 rings (SSSR count). The molecule has 0 aromatic heterocycles. The van der Waals surface area contributed by atoms with Crippen molar-refractivity contribution in [3.63, 3.8) is 0 Å². The van der Waals surface area contributed by atoms with E-state index in [1.807, 2.05) is 7.05 Å². The third kappa shape index (κ3) is 3.91. The van der Waals surface area contributed by atoms with E-state index in [2.05, 4.69) is 0 Å². The quantitative estimate of drug-likeness (QED) is 0.819. The zero-order valence-electron chi connectivity index (χ0n) is 11.9. The smallest absolute Gasteiger partial charge is 0.242 e. The molecule has 19 heavy (non-hydrogen) atoms. The van der Waals surface area contributed by atoms with Crippen molar-refractivity contribution in [1.29, 1.82) is 0 Å². The minimum atomic E-state index is -0.706. The lowest BCUT2D eigenvalue weighted by Crippen LogP contribution is -2.57.